The summed E-state index contributed by atoms with van der Waals surface area (Å²) in [6, 6.07) is 6.30. The van der Waals surface area contributed by atoms with Crippen LogP contribution in [0, 0.1) is 0 Å². The van der Waals surface area contributed by atoms with Gasteiger partial charge in [0, 0.05) is 6.42 Å². The number of benzene rings is 1. The summed E-state index contributed by atoms with van der Waals surface area (Å²) in [6.07, 6.45) is 3.24. The van der Waals surface area contributed by atoms with E-state index in [1.165, 1.54) is 17.5 Å². The van der Waals surface area contributed by atoms with Crippen molar-refractivity contribution < 1.29 is 9.90 Å². The Morgan fingerprint density at radius 3 is 2.62 bits per heavy atom. The highest BCUT2D eigenvalue weighted by Crippen LogP contribution is 2.23. The molecule has 0 saturated heterocycles. The fourth-order valence-corrected chi connectivity index (χ4v) is 1.66. The van der Waals surface area contributed by atoms with E-state index in [4.69, 9.17) is 5.11 Å². The molecule has 1 N–H and O–H groups in total. The number of rotatable bonds is 3. The second-order valence-corrected chi connectivity index (χ2v) is 3.50. The molecular formula is C11H12O2. The summed E-state index contributed by atoms with van der Waals surface area (Å²) >= 11 is 0. The predicted octanol–water partition coefficient (Wildman–Crippen LogP) is 1.80. The van der Waals surface area contributed by atoms with E-state index >= 15 is 0 Å². The zero-order valence-corrected chi connectivity index (χ0v) is 7.42. The highest BCUT2D eigenvalue weighted by atomic mass is 16.4. The smallest absolute Gasteiger partial charge is 0.303 e. The molecule has 0 radical (unpaired) electrons. The number of carbonyl (C=O) groups is 1. The average molecular weight is 176 g/mol. The zero-order valence-electron chi connectivity index (χ0n) is 7.42. The average Bonchev–Trinajstić information content (AvgIpc) is 2.05. The van der Waals surface area contributed by atoms with Crippen LogP contribution in [0.5, 0.6) is 0 Å². The maximum atomic E-state index is 10.3. The van der Waals surface area contributed by atoms with E-state index < -0.39 is 5.97 Å². The third-order valence-corrected chi connectivity index (χ3v) is 2.56. The molecule has 0 fully saturated rings. The molecule has 1 aliphatic rings. The van der Waals surface area contributed by atoms with Crippen LogP contribution in [-0.4, -0.2) is 11.1 Å². The largest absolute Gasteiger partial charge is 0.481 e. The van der Waals surface area contributed by atoms with Crippen LogP contribution in [0.3, 0.4) is 0 Å². The molecule has 0 heterocycles. The fourth-order valence-electron chi connectivity index (χ4n) is 1.66. The molecule has 1 aliphatic carbocycles. The minimum Gasteiger partial charge on any atom is -0.481 e. The van der Waals surface area contributed by atoms with Crippen LogP contribution in [0.1, 0.15) is 23.1 Å². The van der Waals surface area contributed by atoms with Crippen LogP contribution in [0.4, 0.5) is 0 Å². The van der Waals surface area contributed by atoms with Crippen molar-refractivity contribution in [3.63, 3.8) is 0 Å². The predicted molar refractivity (Wildman–Crippen MR) is 49.8 cm³/mol. The van der Waals surface area contributed by atoms with Crippen LogP contribution in [-0.2, 0) is 24.1 Å². The molecule has 2 nitrogen and oxygen atoms in total. The maximum Gasteiger partial charge on any atom is 0.303 e. The van der Waals surface area contributed by atoms with Gasteiger partial charge in [-0.1, -0.05) is 18.2 Å². The second kappa shape index (κ2) is 3.21. The van der Waals surface area contributed by atoms with Gasteiger partial charge in [0.1, 0.15) is 0 Å². The Kier molecular flexibility index (Phi) is 2.05. The molecule has 0 saturated carbocycles. The molecule has 0 spiro atoms. The maximum absolute atomic E-state index is 10.3. The van der Waals surface area contributed by atoms with Crippen LogP contribution < -0.4 is 0 Å². The Morgan fingerprint density at radius 1 is 1.31 bits per heavy atom. The van der Waals surface area contributed by atoms with Crippen LogP contribution in [0.15, 0.2) is 18.2 Å². The van der Waals surface area contributed by atoms with E-state index in [1.807, 2.05) is 6.07 Å². The molecule has 2 heteroatoms. The standard InChI is InChI=1S/C11H12O2/c12-11(13)6-2-8-1-3-9-4-5-10(9)7-8/h1,3,7H,2,4-6H2,(H,12,13). The SMILES string of the molecule is O=C(O)CCc1ccc2c(c1)CC2. The van der Waals surface area contributed by atoms with E-state index in [2.05, 4.69) is 12.1 Å². The molecule has 68 valence electrons. The lowest BCUT2D eigenvalue weighted by molar-refractivity contribution is -0.136. The van der Waals surface area contributed by atoms with Crippen LogP contribution in [0.2, 0.25) is 0 Å². The first-order valence-electron chi connectivity index (χ1n) is 4.58. The van der Waals surface area contributed by atoms with Gasteiger partial charge in [-0.2, -0.15) is 0 Å². The van der Waals surface area contributed by atoms with Crippen LogP contribution in [0.25, 0.3) is 0 Å². The minimum atomic E-state index is -0.720. The van der Waals surface area contributed by atoms with Gasteiger partial charge in [0.2, 0.25) is 0 Å². The Morgan fingerprint density at radius 2 is 2.08 bits per heavy atom. The third-order valence-electron chi connectivity index (χ3n) is 2.56. The molecule has 0 aliphatic heterocycles. The first-order chi connectivity index (χ1) is 6.25. The van der Waals surface area contributed by atoms with E-state index in [9.17, 15) is 4.79 Å². The number of hydrogen-bond donors (Lipinski definition) is 1. The summed E-state index contributed by atoms with van der Waals surface area (Å²) in [6.45, 7) is 0. The molecule has 0 unspecified atom stereocenters. The summed E-state index contributed by atoms with van der Waals surface area (Å²) in [4.78, 5) is 10.3. The lowest BCUT2D eigenvalue weighted by atomic mass is 9.86. The lowest BCUT2D eigenvalue weighted by Gasteiger charge is -2.19. The van der Waals surface area contributed by atoms with Gasteiger partial charge in [-0.15, -0.1) is 0 Å². The quantitative estimate of drug-likeness (QED) is 0.762. The van der Waals surface area contributed by atoms with Gasteiger partial charge in [0.05, 0.1) is 0 Å². The minimum absolute atomic E-state index is 0.235. The van der Waals surface area contributed by atoms with Gasteiger partial charge in [0.25, 0.3) is 0 Å². The van der Waals surface area contributed by atoms with Gasteiger partial charge in [-0.25, -0.2) is 0 Å². The van der Waals surface area contributed by atoms with E-state index in [-0.39, 0.29) is 6.42 Å². The number of hydrogen-bond acceptors (Lipinski definition) is 1. The Bertz CT molecular complexity index is 342. The highest BCUT2D eigenvalue weighted by Gasteiger charge is 2.12. The number of carboxylic acids is 1. The van der Waals surface area contributed by atoms with Crippen LogP contribution >= 0.6 is 0 Å². The summed E-state index contributed by atoms with van der Waals surface area (Å²) < 4.78 is 0. The monoisotopic (exact) mass is 176 g/mol. The zero-order chi connectivity index (χ0) is 9.26. The molecule has 1 aromatic rings. The Balaban J connectivity index is 2.05. The van der Waals surface area contributed by atoms with E-state index in [0.717, 1.165) is 12.0 Å². The van der Waals surface area contributed by atoms with Crippen molar-refractivity contribution in [3.05, 3.63) is 34.9 Å². The van der Waals surface area contributed by atoms with Gasteiger partial charge in [-0.05, 0) is 36.0 Å². The van der Waals surface area contributed by atoms with Gasteiger partial charge >= 0.3 is 5.97 Å². The van der Waals surface area contributed by atoms with Crippen molar-refractivity contribution >= 4 is 5.97 Å². The summed E-state index contributed by atoms with van der Waals surface area (Å²) in [5, 5.41) is 8.51. The van der Waals surface area contributed by atoms with Crippen molar-refractivity contribution in [2.24, 2.45) is 0 Å². The number of carboxylic acid groups (broad SMARTS) is 1. The number of aliphatic carboxylic acids is 1. The molecule has 13 heavy (non-hydrogen) atoms. The molecule has 2 rings (SSSR count). The molecule has 0 amide bonds. The van der Waals surface area contributed by atoms with Gasteiger partial charge < -0.3 is 5.11 Å². The topological polar surface area (TPSA) is 37.3 Å². The van der Waals surface area contributed by atoms with Crippen molar-refractivity contribution in [2.75, 3.05) is 0 Å². The highest BCUT2D eigenvalue weighted by molar-refractivity contribution is 5.67. The van der Waals surface area contributed by atoms with Gasteiger partial charge in [0.15, 0.2) is 0 Å². The molecular weight excluding hydrogens is 164 g/mol. The lowest BCUT2D eigenvalue weighted by Crippen LogP contribution is -2.08. The summed E-state index contributed by atoms with van der Waals surface area (Å²) in [5.41, 5.74) is 3.99. The third kappa shape index (κ3) is 1.72. The van der Waals surface area contributed by atoms with E-state index in [1.54, 1.807) is 0 Å². The van der Waals surface area contributed by atoms with Crippen molar-refractivity contribution in [1.29, 1.82) is 0 Å². The van der Waals surface area contributed by atoms with Gasteiger partial charge in [-0.3, -0.25) is 4.79 Å². The Labute approximate surface area is 77.2 Å². The van der Waals surface area contributed by atoms with Crippen molar-refractivity contribution in [3.8, 4) is 0 Å². The molecule has 0 atom stereocenters. The first kappa shape index (κ1) is 8.30. The normalized spacial score (nSPS) is 13.2. The summed E-state index contributed by atoms with van der Waals surface area (Å²) in [7, 11) is 0. The molecule has 0 bridgehead atoms. The van der Waals surface area contributed by atoms with Crippen molar-refractivity contribution in [2.45, 2.75) is 25.7 Å². The van der Waals surface area contributed by atoms with Crippen molar-refractivity contribution in [1.82, 2.24) is 0 Å². The Hall–Kier alpha value is -1.31. The fraction of sp³-hybridized carbons (Fsp3) is 0.364. The number of fused-ring (bicyclic) bond motifs is 1. The summed E-state index contributed by atoms with van der Waals surface area (Å²) in [5.74, 6) is -0.720. The second-order valence-electron chi connectivity index (χ2n) is 3.50. The number of aryl methyl sites for hydroxylation is 3. The first-order valence-corrected chi connectivity index (χ1v) is 4.58. The van der Waals surface area contributed by atoms with E-state index in [0.29, 0.717) is 6.42 Å². The molecule has 0 aromatic heterocycles. The molecule has 1 aromatic carbocycles.